The molecule has 2 nitrogen and oxygen atoms in total. The van der Waals surface area contributed by atoms with Crippen LogP contribution in [-0.2, 0) is 0 Å². The van der Waals surface area contributed by atoms with Gasteiger partial charge in [-0.3, -0.25) is 0 Å². The summed E-state index contributed by atoms with van der Waals surface area (Å²) in [6.45, 7) is 14.6. The lowest BCUT2D eigenvalue weighted by atomic mass is 9.99. The van der Waals surface area contributed by atoms with Gasteiger partial charge in [0.2, 0.25) is 0 Å². The molecule has 1 fully saturated rings. The van der Waals surface area contributed by atoms with Crippen molar-refractivity contribution < 1.29 is 0 Å². The minimum Gasteiger partial charge on any atom is -0.382 e. The zero-order valence-electron chi connectivity index (χ0n) is 16.0. The first-order valence-electron chi connectivity index (χ1n) is 9.02. The summed E-state index contributed by atoms with van der Waals surface area (Å²) in [6, 6.07) is 8.71. The van der Waals surface area contributed by atoms with Gasteiger partial charge in [-0.2, -0.15) is 0 Å². The van der Waals surface area contributed by atoms with Gasteiger partial charge in [0.05, 0.1) is 5.69 Å². The molecule has 2 rings (SSSR count). The second-order valence-corrected chi connectivity index (χ2v) is 6.95. The van der Waals surface area contributed by atoms with Crippen LogP contribution in [0.5, 0.6) is 0 Å². The molecule has 2 heteroatoms. The molecule has 1 N–H and O–H groups in total. The summed E-state index contributed by atoms with van der Waals surface area (Å²) >= 11 is 0. The van der Waals surface area contributed by atoms with Crippen LogP contribution in [0.3, 0.4) is 0 Å². The Bertz CT molecular complexity index is 719. The number of nitrogens with zero attached hydrogens (tertiary/aromatic N) is 1. The largest absolute Gasteiger partial charge is 0.382 e. The fourth-order valence-corrected chi connectivity index (χ4v) is 3.32. The van der Waals surface area contributed by atoms with E-state index in [1.54, 1.807) is 0 Å². The molecule has 1 saturated heterocycles. The molecule has 1 heterocycles. The van der Waals surface area contributed by atoms with Crippen LogP contribution in [0.1, 0.15) is 46.1 Å². The average Bonchev–Trinajstić information content (AvgIpc) is 2.65. The minimum atomic E-state index is 0.492. The van der Waals surface area contributed by atoms with Crippen molar-refractivity contribution in [1.29, 1.82) is 0 Å². The number of terminal acetylenes is 1. The molecule has 0 aromatic heterocycles. The molecule has 0 spiro atoms. The molecular formula is C23H30N2. The van der Waals surface area contributed by atoms with Crippen molar-refractivity contribution in [2.24, 2.45) is 0 Å². The lowest BCUT2D eigenvalue weighted by Gasteiger charge is -2.36. The topological polar surface area (TPSA) is 15.3 Å². The fraction of sp³-hybridized carbons (Fsp3) is 0.391. The van der Waals surface area contributed by atoms with Gasteiger partial charge in [-0.15, -0.1) is 6.42 Å². The van der Waals surface area contributed by atoms with Crippen LogP contribution in [-0.4, -0.2) is 19.1 Å². The monoisotopic (exact) mass is 334 g/mol. The van der Waals surface area contributed by atoms with Crippen molar-refractivity contribution in [2.75, 3.05) is 18.0 Å². The normalized spacial score (nSPS) is 15.9. The molecule has 0 unspecified atom stereocenters. The molecule has 0 atom stereocenters. The molecule has 0 bridgehead atoms. The molecule has 1 aliphatic rings. The maximum atomic E-state index is 5.65. The Morgan fingerprint density at radius 2 is 1.84 bits per heavy atom. The summed E-state index contributed by atoms with van der Waals surface area (Å²) in [4.78, 5) is 2.41. The number of allylic oxidation sites excluding steroid dienone is 4. The fourth-order valence-electron chi connectivity index (χ4n) is 3.32. The maximum Gasteiger partial charge on any atom is 0.0525 e. The lowest BCUT2D eigenvalue weighted by Crippen LogP contribution is -2.42. The summed E-state index contributed by atoms with van der Waals surface area (Å²) in [7, 11) is 0. The zero-order chi connectivity index (χ0) is 18.4. The summed E-state index contributed by atoms with van der Waals surface area (Å²) in [5.74, 6) is 2.80. The highest BCUT2D eigenvalue weighted by Gasteiger charge is 2.21. The summed E-state index contributed by atoms with van der Waals surface area (Å²) in [6.07, 6.45) is 9.79. The van der Waals surface area contributed by atoms with E-state index in [-0.39, 0.29) is 0 Å². The number of para-hydroxylation sites is 1. The Morgan fingerprint density at radius 1 is 1.20 bits per heavy atom. The van der Waals surface area contributed by atoms with Crippen LogP contribution in [0.25, 0.3) is 0 Å². The second-order valence-electron chi connectivity index (χ2n) is 6.95. The zero-order valence-corrected chi connectivity index (χ0v) is 16.0. The van der Waals surface area contributed by atoms with E-state index in [0.29, 0.717) is 6.04 Å². The number of rotatable bonds is 5. The molecule has 1 aromatic carbocycles. The number of nitrogens with one attached hydrogen (secondary N) is 1. The van der Waals surface area contributed by atoms with Gasteiger partial charge >= 0.3 is 0 Å². The first-order valence-corrected chi connectivity index (χ1v) is 9.02. The van der Waals surface area contributed by atoms with Crippen molar-refractivity contribution in [1.82, 2.24) is 5.32 Å². The van der Waals surface area contributed by atoms with E-state index in [1.165, 1.54) is 28.1 Å². The number of hydrogen-bond acceptors (Lipinski definition) is 2. The van der Waals surface area contributed by atoms with Crippen LogP contribution in [0, 0.1) is 12.3 Å². The highest BCUT2D eigenvalue weighted by atomic mass is 15.1. The number of anilines is 1. The van der Waals surface area contributed by atoms with Crippen LogP contribution in [0.4, 0.5) is 5.69 Å². The Morgan fingerprint density at radius 3 is 2.40 bits per heavy atom. The summed E-state index contributed by atoms with van der Waals surface area (Å²) in [5, 5.41) is 3.78. The molecule has 132 valence electrons. The van der Waals surface area contributed by atoms with Crippen molar-refractivity contribution in [3.63, 3.8) is 0 Å². The maximum absolute atomic E-state index is 5.65. The molecule has 0 aliphatic carbocycles. The van der Waals surface area contributed by atoms with Gasteiger partial charge in [0.25, 0.3) is 0 Å². The summed E-state index contributed by atoms with van der Waals surface area (Å²) in [5.41, 5.74) is 7.27. The smallest absolute Gasteiger partial charge is 0.0525 e. The Kier molecular flexibility index (Phi) is 6.53. The number of hydrogen-bond donors (Lipinski definition) is 1. The lowest BCUT2D eigenvalue weighted by molar-refractivity contribution is 0.445. The minimum absolute atomic E-state index is 0.492. The molecule has 1 aliphatic heterocycles. The summed E-state index contributed by atoms with van der Waals surface area (Å²) < 4.78 is 0. The molecule has 1 aromatic rings. The van der Waals surface area contributed by atoms with E-state index >= 15 is 0 Å². The average molecular weight is 335 g/mol. The van der Waals surface area contributed by atoms with Crippen molar-refractivity contribution in [2.45, 2.75) is 46.6 Å². The van der Waals surface area contributed by atoms with Gasteiger partial charge in [-0.1, -0.05) is 36.3 Å². The van der Waals surface area contributed by atoms with E-state index in [4.69, 9.17) is 6.42 Å². The van der Waals surface area contributed by atoms with E-state index in [2.05, 4.69) is 62.5 Å². The molecule has 0 radical (unpaired) electrons. The van der Waals surface area contributed by atoms with Gasteiger partial charge in [-0.05, 0) is 63.8 Å². The predicted octanol–water partition coefficient (Wildman–Crippen LogP) is 5.04. The van der Waals surface area contributed by atoms with Gasteiger partial charge in [-0.25, -0.2) is 0 Å². The van der Waals surface area contributed by atoms with Crippen molar-refractivity contribution in [3.05, 3.63) is 64.9 Å². The molecule has 0 amide bonds. The Labute approximate surface area is 153 Å². The van der Waals surface area contributed by atoms with Gasteiger partial charge in [0, 0.05) is 30.4 Å². The Balaban J connectivity index is 2.06. The third-order valence-electron chi connectivity index (χ3n) is 5.02. The van der Waals surface area contributed by atoms with E-state index in [0.717, 1.165) is 31.5 Å². The molecule has 25 heavy (non-hydrogen) atoms. The van der Waals surface area contributed by atoms with E-state index in [1.807, 2.05) is 18.2 Å². The second kappa shape index (κ2) is 8.62. The highest BCUT2D eigenvalue weighted by molar-refractivity contribution is 5.60. The molecular weight excluding hydrogens is 304 g/mol. The van der Waals surface area contributed by atoms with Crippen molar-refractivity contribution >= 4 is 5.69 Å². The molecule has 0 saturated carbocycles. The standard InChI is InChI=1S/C23H30N2/c1-7-18(5)19(6)23(17(3)4)24-21-13-15-25(16-14-21)22-12-10-9-11-20(22)8-2/h2,7,9-12,21,24H,1,13-16H2,3-6H3/b19-18+. The van der Waals surface area contributed by atoms with Crippen LogP contribution in [0.15, 0.2) is 59.3 Å². The third-order valence-corrected chi connectivity index (χ3v) is 5.02. The first kappa shape index (κ1) is 18.9. The third kappa shape index (κ3) is 4.57. The Hall–Kier alpha value is -2.40. The van der Waals surface area contributed by atoms with E-state index in [9.17, 15) is 0 Å². The number of benzene rings is 1. The van der Waals surface area contributed by atoms with E-state index < -0.39 is 0 Å². The number of piperidine rings is 1. The van der Waals surface area contributed by atoms with Crippen LogP contribution < -0.4 is 10.2 Å². The van der Waals surface area contributed by atoms with Crippen LogP contribution >= 0.6 is 0 Å². The SMILES string of the molecule is C#Cc1ccccc1N1CCC(NC(=C(C)C)/C(C)=C(\C)C=C)CC1. The van der Waals surface area contributed by atoms with Crippen LogP contribution in [0.2, 0.25) is 0 Å². The van der Waals surface area contributed by atoms with Gasteiger partial charge < -0.3 is 10.2 Å². The van der Waals surface area contributed by atoms with Gasteiger partial charge in [0.1, 0.15) is 0 Å². The first-order chi connectivity index (χ1) is 12.0. The van der Waals surface area contributed by atoms with Crippen molar-refractivity contribution in [3.8, 4) is 12.3 Å². The quantitative estimate of drug-likeness (QED) is 0.599. The van der Waals surface area contributed by atoms with Gasteiger partial charge in [0.15, 0.2) is 0 Å². The predicted molar refractivity (Wildman–Crippen MR) is 110 cm³/mol. The highest BCUT2D eigenvalue weighted by Crippen LogP contribution is 2.25.